The molecule has 0 amide bonds. The van der Waals surface area contributed by atoms with Crippen molar-refractivity contribution >= 4 is 27.9 Å². The van der Waals surface area contributed by atoms with Crippen molar-refractivity contribution in [3.63, 3.8) is 0 Å². The van der Waals surface area contributed by atoms with Crippen LogP contribution in [0.15, 0.2) is 40.5 Å². The standard InChI is InChI=1S/C12H10ClN3O4S/c1-8-6-11(7-14-17)16(15-12(8)21(18,19)20)10-4-2-9(13)3-5-10/h2-7H,1H3,(H,18,19,20)/p+1. The number of hydrogen-bond acceptors (Lipinski definition) is 5. The van der Waals surface area contributed by atoms with Gasteiger partial charge < -0.3 is 5.21 Å². The van der Waals surface area contributed by atoms with Crippen LogP contribution in [0.2, 0.25) is 5.02 Å². The topological polar surface area (TPSA) is 104 Å². The van der Waals surface area contributed by atoms with Crippen molar-refractivity contribution in [1.82, 2.24) is 5.10 Å². The maximum Gasteiger partial charge on any atom is 0.318 e. The molecule has 1 aromatic carbocycles. The molecule has 2 rings (SSSR count). The molecule has 0 saturated carbocycles. The van der Waals surface area contributed by atoms with Crippen LogP contribution in [0.3, 0.4) is 0 Å². The summed E-state index contributed by atoms with van der Waals surface area (Å²) in [5.74, 6) is 0. The van der Waals surface area contributed by atoms with Crippen LogP contribution in [-0.2, 0) is 10.1 Å². The zero-order chi connectivity index (χ0) is 15.6. The molecule has 21 heavy (non-hydrogen) atoms. The van der Waals surface area contributed by atoms with Crippen LogP contribution in [-0.4, -0.2) is 29.5 Å². The Hall–Kier alpha value is -2.03. The molecule has 1 heterocycles. The number of aryl methyl sites for hydroxylation is 1. The molecule has 2 N–H and O–H groups in total. The van der Waals surface area contributed by atoms with E-state index in [0.717, 1.165) is 6.21 Å². The lowest BCUT2D eigenvalue weighted by Gasteiger charge is -2.02. The normalized spacial score (nSPS) is 12.0. The van der Waals surface area contributed by atoms with Crippen LogP contribution >= 0.6 is 11.6 Å². The second kappa shape index (κ2) is 5.76. The van der Waals surface area contributed by atoms with E-state index in [-0.39, 0.29) is 5.56 Å². The number of oxime groups is 1. The van der Waals surface area contributed by atoms with Crippen LogP contribution in [0.1, 0.15) is 11.3 Å². The molecule has 2 aromatic rings. The fourth-order valence-electron chi connectivity index (χ4n) is 1.77. The zero-order valence-electron chi connectivity index (χ0n) is 10.8. The number of nitrogens with zero attached hydrogens (tertiary/aromatic N) is 3. The third-order valence-corrected chi connectivity index (χ3v) is 3.79. The Labute approximate surface area is 125 Å². The van der Waals surface area contributed by atoms with E-state index in [4.69, 9.17) is 16.8 Å². The minimum Gasteiger partial charge on any atom is -0.411 e. The third kappa shape index (κ3) is 3.35. The smallest absolute Gasteiger partial charge is 0.318 e. The van der Waals surface area contributed by atoms with Crippen molar-refractivity contribution in [1.29, 1.82) is 0 Å². The van der Waals surface area contributed by atoms with Crippen LogP contribution < -0.4 is 4.68 Å². The number of benzene rings is 1. The lowest BCUT2D eigenvalue weighted by molar-refractivity contribution is -0.664. The van der Waals surface area contributed by atoms with Gasteiger partial charge in [-0.25, -0.2) is 0 Å². The average molecular weight is 329 g/mol. The summed E-state index contributed by atoms with van der Waals surface area (Å²) in [6.45, 7) is 1.47. The molecule has 1 aromatic heterocycles. The Morgan fingerprint density at radius 2 is 1.95 bits per heavy atom. The van der Waals surface area contributed by atoms with Gasteiger partial charge >= 0.3 is 10.1 Å². The summed E-state index contributed by atoms with van der Waals surface area (Å²) < 4.78 is 33.1. The summed E-state index contributed by atoms with van der Waals surface area (Å²) in [6, 6.07) is 7.82. The van der Waals surface area contributed by atoms with E-state index in [2.05, 4.69) is 10.3 Å². The predicted octanol–water partition coefficient (Wildman–Crippen LogP) is 1.37. The summed E-state index contributed by atoms with van der Waals surface area (Å²) in [5, 5.41) is 15.5. The first kappa shape index (κ1) is 15.4. The van der Waals surface area contributed by atoms with Crippen LogP contribution in [0, 0.1) is 6.92 Å². The van der Waals surface area contributed by atoms with Crippen LogP contribution in [0.4, 0.5) is 0 Å². The van der Waals surface area contributed by atoms with Crippen molar-refractivity contribution in [2.24, 2.45) is 5.16 Å². The Morgan fingerprint density at radius 1 is 1.33 bits per heavy atom. The second-order valence-electron chi connectivity index (χ2n) is 4.17. The van der Waals surface area contributed by atoms with Gasteiger partial charge in [-0.2, -0.15) is 8.42 Å². The maximum atomic E-state index is 11.3. The van der Waals surface area contributed by atoms with Gasteiger partial charge in [-0.1, -0.05) is 16.8 Å². The molecule has 0 radical (unpaired) electrons. The highest BCUT2D eigenvalue weighted by Gasteiger charge is 2.25. The molecule has 0 aliphatic heterocycles. The lowest BCUT2D eigenvalue weighted by Crippen LogP contribution is -2.41. The molecule has 0 fully saturated rings. The molecule has 9 heteroatoms. The first-order valence-electron chi connectivity index (χ1n) is 5.68. The summed E-state index contributed by atoms with van der Waals surface area (Å²) in [6.07, 6.45) is 1.10. The maximum absolute atomic E-state index is 11.3. The molecular formula is C12H11ClN3O4S+. The summed E-state index contributed by atoms with van der Waals surface area (Å²) in [5.41, 5.74) is 1.03. The van der Waals surface area contributed by atoms with E-state index < -0.39 is 15.1 Å². The number of rotatable bonds is 3. The Kier molecular flexibility index (Phi) is 4.21. The van der Waals surface area contributed by atoms with Crippen molar-refractivity contribution < 1.29 is 22.9 Å². The molecule has 0 saturated heterocycles. The highest BCUT2D eigenvalue weighted by molar-refractivity contribution is 7.85. The SMILES string of the molecule is Cc1cc(/C=N/O)[n+](-c2ccc(Cl)cc2)nc1S(=O)(=O)O. The highest BCUT2D eigenvalue weighted by atomic mass is 35.5. The number of halogens is 1. The third-order valence-electron chi connectivity index (χ3n) is 2.64. The average Bonchev–Trinajstić information content (AvgIpc) is 2.39. The summed E-state index contributed by atoms with van der Waals surface area (Å²) in [7, 11) is -4.47. The Balaban J connectivity index is 2.75. The molecule has 0 bridgehead atoms. The second-order valence-corrected chi connectivity index (χ2v) is 5.94. The van der Waals surface area contributed by atoms with Crippen molar-refractivity contribution in [2.75, 3.05) is 0 Å². The van der Waals surface area contributed by atoms with Crippen molar-refractivity contribution in [3.8, 4) is 5.69 Å². The Morgan fingerprint density at radius 3 is 2.48 bits per heavy atom. The molecule has 0 aliphatic carbocycles. The van der Waals surface area contributed by atoms with E-state index >= 15 is 0 Å². The molecule has 0 spiro atoms. The van der Waals surface area contributed by atoms with Crippen LogP contribution in [0.5, 0.6) is 0 Å². The van der Waals surface area contributed by atoms with Gasteiger partial charge in [0.1, 0.15) is 6.21 Å². The van der Waals surface area contributed by atoms with Gasteiger partial charge in [0.2, 0.25) is 5.69 Å². The van der Waals surface area contributed by atoms with Gasteiger partial charge in [-0.15, -0.1) is 0 Å². The summed E-state index contributed by atoms with van der Waals surface area (Å²) in [4.78, 5) is 0. The van der Waals surface area contributed by atoms with E-state index in [9.17, 15) is 13.0 Å². The minimum atomic E-state index is -4.47. The fourth-order valence-corrected chi connectivity index (χ4v) is 2.54. The Bertz CT molecular complexity index is 804. The molecule has 0 unspecified atom stereocenters. The number of aromatic nitrogens is 2. The molecule has 110 valence electrons. The van der Waals surface area contributed by atoms with Gasteiger partial charge in [0.25, 0.3) is 10.7 Å². The van der Waals surface area contributed by atoms with E-state index in [0.29, 0.717) is 16.4 Å². The largest absolute Gasteiger partial charge is 0.411 e. The fraction of sp³-hybridized carbons (Fsp3) is 0.0833. The molecular weight excluding hydrogens is 318 g/mol. The highest BCUT2D eigenvalue weighted by Crippen LogP contribution is 2.13. The van der Waals surface area contributed by atoms with Crippen molar-refractivity contribution in [2.45, 2.75) is 11.9 Å². The molecule has 0 atom stereocenters. The monoisotopic (exact) mass is 328 g/mol. The first-order valence-corrected chi connectivity index (χ1v) is 7.49. The number of hydrogen-bond donors (Lipinski definition) is 2. The van der Waals surface area contributed by atoms with Crippen LogP contribution in [0.25, 0.3) is 5.69 Å². The summed E-state index contributed by atoms with van der Waals surface area (Å²) >= 11 is 5.80. The van der Waals surface area contributed by atoms with Gasteiger partial charge in [0.15, 0.2) is 0 Å². The van der Waals surface area contributed by atoms with Gasteiger partial charge in [-0.3, -0.25) is 4.55 Å². The predicted molar refractivity (Wildman–Crippen MR) is 74.7 cm³/mol. The lowest BCUT2D eigenvalue weighted by atomic mass is 10.2. The molecule has 0 aliphatic rings. The van der Waals surface area contributed by atoms with E-state index in [1.807, 2.05) is 0 Å². The van der Waals surface area contributed by atoms with E-state index in [1.165, 1.54) is 17.7 Å². The minimum absolute atomic E-state index is 0.220. The van der Waals surface area contributed by atoms with Gasteiger partial charge in [-0.05, 0) is 23.7 Å². The van der Waals surface area contributed by atoms with E-state index in [1.54, 1.807) is 24.3 Å². The zero-order valence-corrected chi connectivity index (χ0v) is 12.4. The first-order chi connectivity index (χ1) is 9.82. The quantitative estimate of drug-likeness (QED) is 0.291. The molecule has 7 nitrogen and oxygen atoms in total. The van der Waals surface area contributed by atoms with Gasteiger partial charge in [0, 0.05) is 33.9 Å². The van der Waals surface area contributed by atoms with Crippen molar-refractivity contribution in [3.05, 3.63) is 46.6 Å². The van der Waals surface area contributed by atoms with Gasteiger partial charge in [0.05, 0.1) is 0 Å².